The van der Waals surface area contributed by atoms with Gasteiger partial charge in [-0.1, -0.05) is 6.07 Å². The molecule has 1 rings (SSSR count). The predicted octanol–water partition coefficient (Wildman–Crippen LogP) is 0.767. The lowest BCUT2D eigenvalue weighted by atomic mass is 10.1. The average molecular weight is 300 g/mol. The van der Waals surface area contributed by atoms with Gasteiger partial charge in [-0.05, 0) is 24.6 Å². The van der Waals surface area contributed by atoms with Crippen molar-refractivity contribution in [1.29, 1.82) is 0 Å². The summed E-state index contributed by atoms with van der Waals surface area (Å²) >= 11 is 0. The number of nitrogens with one attached hydrogen (secondary N) is 1. The van der Waals surface area contributed by atoms with Gasteiger partial charge in [-0.3, -0.25) is 9.10 Å². The number of anilines is 1. The van der Waals surface area contributed by atoms with E-state index in [4.69, 9.17) is 4.74 Å². The van der Waals surface area contributed by atoms with Crippen LogP contribution >= 0.6 is 0 Å². The summed E-state index contributed by atoms with van der Waals surface area (Å²) in [6.07, 6.45) is 1.12. The van der Waals surface area contributed by atoms with Crippen LogP contribution in [0.1, 0.15) is 15.9 Å². The molecule has 0 aliphatic carbocycles. The molecule has 0 heterocycles. The van der Waals surface area contributed by atoms with Gasteiger partial charge in [0.2, 0.25) is 10.0 Å². The molecule has 20 heavy (non-hydrogen) atoms. The minimum atomic E-state index is -3.36. The van der Waals surface area contributed by atoms with E-state index >= 15 is 0 Å². The molecule has 7 heteroatoms. The number of rotatable bonds is 6. The number of nitrogens with zero attached hydrogens (tertiary/aromatic N) is 1. The molecule has 0 spiro atoms. The standard InChI is InChI=1S/C13H20N2O4S/c1-10-11(13(16)14-8-9-19-3)6-5-7-12(10)15(2)20(4,17)18/h5-7H,8-9H2,1-4H3,(H,14,16). The Morgan fingerprint density at radius 2 is 2.05 bits per heavy atom. The summed E-state index contributed by atoms with van der Waals surface area (Å²) < 4.78 is 29.2. The maximum atomic E-state index is 12.0. The molecule has 0 saturated heterocycles. The van der Waals surface area contributed by atoms with E-state index in [1.165, 1.54) is 7.05 Å². The van der Waals surface area contributed by atoms with Crippen molar-refractivity contribution in [2.24, 2.45) is 0 Å². The second kappa shape index (κ2) is 6.71. The molecule has 1 N–H and O–H groups in total. The quantitative estimate of drug-likeness (QED) is 0.787. The lowest BCUT2D eigenvalue weighted by Crippen LogP contribution is -2.29. The van der Waals surface area contributed by atoms with Gasteiger partial charge < -0.3 is 10.1 Å². The Kier molecular flexibility index (Phi) is 5.52. The molecule has 0 aromatic heterocycles. The largest absolute Gasteiger partial charge is 0.383 e. The molecule has 1 aromatic carbocycles. The van der Waals surface area contributed by atoms with E-state index in [9.17, 15) is 13.2 Å². The Morgan fingerprint density at radius 3 is 2.60 bits per heavy atom. The molecule has 6 nitrogen and oxygen atoms in total. The normalized spacial score (nSPS) is 11.2. The summed E-state index contributed by atoms with van der Waals surface area (Å²) in [5.74, 6) is -0.247. The number of amides is 1. The monoisotopic (exact) mass is 300 g/mol. The number of carbonyl (C=O) groups excluding carboxylic acids is 1. The molecule has 1 aromatic rings. The smallest absolute Gasteiger partial charge is 0.251 e. The highest BCUT2D eigenvalue weighted by Crippen LogP contribution is 2.23. The lowest BCUT2D eigenvalue weighted by molar-refractivity contribution is 0.0936. The number of sulfonamides is 1. The van der Waals surface area contributed by atoms with E-state index in [-0.39, 0.29) is 5.91 Å². The first kappa shape index (κ1) is 16.5. The Hall–Kier alpha value is -1.60. The minimum absolute atomic E-state index is 0.247. The van der Waals surface area contributed by atoms with Crippen molar-refractivity contribution in [1.82, 2.24) is 5.32 Å². The van der Waals surface area contributed by atoms with E-state index in [2.05, 4.69) is 5.32 Å². The number of hydrogen-bond donors (Lipinski definition) is 1. The third-order valence-corrected chi connectivity index (χ3v) is 4.17. The van der Waals surface area contributed by atoms with Crippen molar-refractivity contribution in [2.75, 3.05) is 37.9 Å². The van der Waals surface area contributed by atoms with Gasteiger partial charge in [0.15, 0.2) is 0 Å². The van der Waals surface area contributed by atoms with Crippen molar-refractivity contribution in [3.63, 3.8) is 0 Å². The highest BCUT2D eigenvalue weighted by Gasteiger charge is 2.18. The minimum Gasteiger partial charge on any atom is -0.383 e. The van der Waals surface area contributed by atoms with Crippen molar-refractivity contribution < 1.29 is 17.9 Å². The first-order valence-electron chi connectivity index (χ1n) is 6.09. The molecule has 0 fully saturated rings. The fourth-order valence-corrected chi connectivity index (χ4v) is 2.31. The predicted molar refractivity (Wildman–Crippen MR) is 78.6 cm³/mol. The number of methoxy groups -OCH3 is 1. The van der Waals surface area contributed by atoms with Crippen LogP contribution < -0.4 is 9.62 Å². The number of ether oxygens (including phenoxy) is 1. The van der Waals surface area contributed by atoms with Gasteiger partial charge in [0.1, 0.15) is 0 Å². The van der Waals surface area contributed by atoms with Gasteiger partial charge in [-0.2, -0.15) is 0 Å². The fourth-order valence-electron chi connectivity index (χ4n) is 1.75. The summed E-state index contributed by atoms with van der Waals surface area (Å²) in [5.41, 5.74) is 1.57. The van der Waals surface area contributed by atoms with Crippen molar-refractivity contribution in [3.05, 3.63) is 29.3 Å². The number of hydrogen-bond acceptors (Lipinski definition) is 4. The van der Waals surface area contributed by atoms with Crippen LogP contribution in [0.5, 0.6) is 0 Å². The Morgan fingerprint density at radius 1 is 1.40 bits per heavy atom. The Labute approximate surface area is 119 Å². The Balaban J connectivity index is 3.04. The topological polar surface area (TPSA) is 75.7 Å². The number of carbonyl (C=O) groups is 1. The van der Waals surface area contributed by atoms with Gasteiger partial charge in [0.25, 0.3) is 5.91 Å². The summed E-state index contributed by atoms with van der Waals surface area (Å²) in [6, 6.07) is 4.99. The third kappa shape index (κ3) is 3.94. The van der Waals surface area contributed by atoms with Crippen LogP contribution in [-0.2, 0) is 14.8 Å². The molecule has 0 unspecified atom stereocenters. The van der Waals surface area contributed by atoms with Gasteiger partial charge in [0.05, 0.1) is 18.6 Å². The van der Waals surface area contributed by atoms with E-state index < -0.39 is 10.0 Å². The molecule has 0 aliphatic heterocycles. The number of benzene rings is 1. The lowest BCUT2D eigenvalue weighted by Gasteiger charge is -2.20. The van der Waals surface area contributed by atoms with Gasteiger partial charge in [-0.15, -0.1) is 0 Å². The molecule has 0 atom stereocenters. The first-order chi connectivity index (χ1) is 9.29. The van der Waals surface area contributed by atoms with Crippen LogP contribution in [0.2, 0.25) is 0 Å². The summed E-state index contributed by atoms with van der Waals surface area (Å²) in [5, 5.41) is 2.71. The summed E-state index contributed by atoms with van der Waals surface area (Å²) in [4.78, 5) is 12.0. The van der Waals surface area contributed by atoms with Crippen molar-refractivity contribution in [3.8, 4) is 0 Å². The van der Waals surface area contributed by atoms with Crippen LogP contribution in [0.15, 0.2) is 18.2 Å². The molecule has 0 saturated carbocycles. The van der Waals surface area contributed by atoms with Crippen LogP contribution in [0, 0.1) is 6.92 Å². The fraction of sp³-hybridized carbons (Fsp3) is 0.462. The first-order valence-corrected chi connectivity index (χ1v) is 7.94. The zero-order valence-corrected chi connectivity index (χ0v) is 13.0. The summed E-state index contributed by atoms with van der Waals surface area (Å²) in [7, 11) is -0.343. The van der Waals surface area contributed by atoms with Crippen LogP contribution in [0.4, 0.5) is 5.69 Å². The SMILES string of the molecule is COCCNC(=O)c1cccc(N(C)S(C)(=O)=O)c1C. The molecule has 112 valence electrons. The van der Waals surface area contributed by atoms with E-state index in [1.807, 2.05) is 0 Å². The summed E-state index contributed by atoms with van der Waals surface area (Å²) in [6.45, 7) is 2.55. The highest BCUT2D eigenvalue weighted by molar-refractivity contribution is 7.92. The van der Waals surface area contributed by atoms with Crippen molar-refractivity contribution in [2.45, 2.75) is 6.92 Å². The van der Waals surface area contributed by atoms with Gasteiger partial charge >= 0.3 is 0 Å². The van der Waals surface area contributed by atoms with E-state index in [0.29, 0.717) is 30.0 Å². The van der Waals surface area contributed by atoms with Crippen molar-refractivity contribution >= 4 is 21.6 Å². The molecular weight excluding hydrogens is 280 g/mol. The van der Waals surface area contributed by atoms with Crippen LogP contribution in [-0.4, -0.2) is 47.9 Å². The maximum absolute atomic E-state index is 12.0. The third-order valence-electron chi connectivity index (χ3n) is 2.98. The maximum Gasteiger partial charge on any atom is 0.251 e. The molecular formula is C13H20N2O4S. The average Bonchev–Trinajstić information content (AvgIpc) is 2.37. The second-order valence-electron chi connectivity index (χ2n) is 4.43. The molecule has 0 bridgehead atoms. The molecule has 1 amide bonds. The Bertz CT molecular complexity index is 584. The van der Waals surface area contributed by atoms with Gasteiger partial charge in [-0.25, -0.2) is 8.42 Å². The van der Waals surface area contributed by atoms with E-state index in [0.717, 1.165) is 10.6 Å². The van der Waals surface area contributed by atoms with Gasteiger partial charge in [0, 0.05) is 26.3 Å². The second-order valence-corrected chi connectivity index (χ2v) is 6.44. The van der Waals surface area contributed by atoms with Crippen LogP contribution in [0.3, 0.4) is 0 Å². The zero-order valence-electron chi connectivity index (χ0n) is 12.1. The highest BCUT2D eigenvalue weighted by atomic mass is 32.2. The molecule has 0 aliphatic rings. The van der Waals surface area contributed by atoms with Crippen LogP contribution in [0.25, 0.3) is 0 Å². The molecule has 0 radical (unpaired) electrons. The zero-order chi connectivity index (χ0) is 15.3. The van der Waals surface area contributed by atoms with E-state index in [1.54, 1.807) is 32.2 Å².